The highest BCUT2D eigenvalue weighted by Crippen LogP contribution is 1.97. The van der Waals surface area contributed by atoms with Crippen LogP contribution in [0.25, 0.3) is 0 Å². The summed E-state index contributed by atoms with van der Waals surface area (Å²) in [6.45, 7) is 3.91. The molecule has 0 bridgehead atoms. The molecule has 0 rings (SSSR count). The third kappa shape index (κ3) is 2.26. The monoisotopic (exact) mass is 119 g/mol. The molecule has 0 aliphatic carbocycles. The fraction of sp³-hybridized carbons (Fsp3) is 1.00. The summed E-state index contributed by atoms with van der Waals surface area (Å²) in [5, 5.41) is 8.76. The minimum absolute atomic E-state index is 0.185. The van der Waals surface area contributed by atoms with Crippen molar-refractivity contribution in [1.82, 2.24) is 0 Å². The van der Waals surface area contributed by atoms with Gasteiger partial charge in [0.1, 0.15) is 0 Å². The molecule has 0 amide bonds. The Morgan fingerprint density at radius 1 is 1.50 bits per heavy atom. The highest BCUT2D eigenvalue weighted by molar-refractivity contribution is 4.64. The van der Waals surface area contributed by atoms with Crippen molar-refractivity contribution in [1.29, 1.82) is 0 Å². The topological polar surface area (TPSA) is 73.9 Å². The van der Waals surface area contributed by atoms with Crippen LogP contribution in [0.15, 0.2) is 0 Å². The summed E-state index contributed by atoms with van der Waals surface area (Å²) < 4.78 is 0. The summed E-state index contributed by atoms with van der Waals surface area (Å²) in [6.07, 6.45) is -0.630. The van der Waals surface area contributed by atoms with E-state index in [-0.39, 0.29) is 6.04 Å². The quantitative estimate of drug-likeness (QED) is 0.388. The molecule has 0 saturated carbocycles. The molecule has 0 heterocycles. The second-order valence-corrected chi connectivity index (χ2v) is 2.39. The first-order valence-electron chi connectivity index (χ1n) is 2.82. The summed E-state index contributed by atoms with van der Waals surface area (Å²) in [5.74, 6) is 0.308. The van der Waals surface area contributed by atoms with E-state index >= 15 is 0 Å². The van der Waals surface area contributed by atoms with Crippen LogP contribution in [0.5, 0.6) is 0 Å². The van der Waals surface area contributed by atoms with Crippen LogP contribution in [0.4, 0.5) is 0 Å². The van der Waals surface area contributed by atoms with Gasteiger partial charge in [0.05, 0.1) is 6.04 Å². The van der Waals surface area contributed by atoms with Crippen molar-refractivity contribution in [2.24, 2.45) is 11.7 Å². The fourth-order valence-corrected chi connectivity index (χ4v) is 0.444. The van der Waals surface area contributed by atoms with E-state index in [9.17, 15) is 0 Å². The van der Waals surface area contributed by atoms with Crippen molar-refractivity contribution in [3.8, 4) is 0 Å². The summed E-state index contributed by atoms with van der Waals surface area (Å²) >= 11 is 0. The van der Waals surface area contributed by atoms with Crippen LogP contribution < -0.4 is 11.5 Å². The Morgan fingerprint density at radius 2 is 1.88 bits per heavy atom. The molecule has 0 fully saturated rings. The maximum Gasteiger partial charge on any atom is 0.201 e. The first-order valence-corrected chi connectivity index (χ1v) is 2.82. The Kier molecular flexibility index (Phi) is 2.97. The molecule has 0 saturated heterocycles. The van der Waals surface area contributed by atoms with E-state index in [1.165, 1.54) is 0 Å². The molecule has 3 heteroatoms. The Bertz CT molecular complexity index is 55.4. The van der Waals surface area contributed by atoms with Gasteiger partial charge in [-0.15, -0.1) is 0 Å². The lowest BCUT2D eigenvalue weighted by Crippen LogP contribution is -2.69. The third-order valence-corrected chi connectivity index (χ3v) is 1.21. The Hall–Kier alpha value is -0.120. The van der Waals surface area contributed by atoms with Crippen LogP contribution in [0.2, 0.25) is 0 Å². The van der Waals surface area contributed by atoms with Gasteiger partial charge in [0.25, 0.3) is 0 Å². The van der Waals surface area contributed by atoms with Gasteiger partial charge in [-0.25, -0.2) is 0 Å². The molecule has 0 aliphatic heterocycles. The number of aliphatic hydroxyl groups excluding tert-OH is 1. The molecule has 2 atom stereocenters. The van der Waals surface area contributed by atoms with Crippen LogP contribution in [-0.4, -0.2) is 17.4 Å². The van der Waals surface area contributed by atoms with Crippen LogP contribution in [0.1, 0.15) is 13.8 Å². The van der Waals surface area contributed by atoms with Crippen molar-refractivity contribution >= 4 is 0 Å². The molecule has 2 unspecified atom stereocenters. The van der Waals surface area contributed by atoms with Gasteiger partial charge in [-0.05, 0) is 5.92 Å². The van der Waals surface area contributed by atoms with E-state index in [1.807, 2.05) is 13.8 Å². The average molecular weight is 119 g/mol. The number of hydrogen-bond donors (Lipinski definition) is 3. The first kappa shape index (κ1) is 7.88. The molecule has 50 valence electrons. The maximum atomic E-state index is 8.76. The molecule has 0 aliphatic rings. The minimum Gasteiger partial charge on any atom is -0.344 e. The number of aliphatic hydroxyl groups is 1. The number of hydrogen-bond acceptors (Lipinski definition) is 2. The van der Waals surface area contributed by atoms with Gasteiger partial charge < -0.3 is 16.6 Å². The van der Waals surface area contributed by atoms with Gasteiger partial charge in [0.2, 0.25) is 6.23 Å². The van der Waals surface area contributed by atoms with Crippen molar-refractivity contribution < 1.29 is 10.8 Å². The van der Waals surface area contributed by atoms with Gasteiger partial charge in [0.15, 0.2) is 0 Å². The molecular formula is C5H15N2O+. The van der Waals surface area contributed by atoms with E-state index in [2.05, 4.69) is 5.73 Å². The Balaban J connectivity index is 3.46. The van der Waals surface area contributed by atoms with Crippen molar-refractivity contribution in [3.63, 3.8) is 0 Å². The van der Waals surface area contributed by atoms with Gasteiger partial charge >= 0.3 is 0 Å². The normalized spacial score (nSPS) is 18.8. The Labute approximate surface area is 49.7 Å². The summed E-state index contributed by atoms with van der Waals surface area (Å²) in [5.41, 5.74) is 8.84. The first-order chi connectivity index (χ1) is 3.55. The molecule has 0 spiro atoms. The van der Waals surface area contributed by atoms with E-state index in [4.69, 9.17) is 10.8 Å². The van der Waals surface area contributed by atoms with Gasteiger partial charge in [-0.2, -0.15) is 0 Å². The van der Waals surface area contributed by atoms with E-state index in [1.54, 1.807) is 0 Å². The van der Waals surface area contributed by atoms with Crippen LogP contribution in [0.3, 0.4) is 0 Å². The smallest absolute Gasteiger partial charge is 0.201 e. The van der Waals surface area contributed by atoms with E-state index < -0.39 is 6.23 Å². The van der Waals surface area contributed by atoms with Gasteiger partial charge in [-0.3, -0.25) is 0 Å². The molecule has 0 aromatic rings. The maximum absolute atomic E-state index is 8.76. The Morgan fingerprint density at radius 3 is 1.88 bits per heavy atom. The lowest BCUT2D eigenvalue weighted by Gasteiger charge is -2.14. The SMILES string of the molecule is CC(C)C(N)C([NH3+])O. The van der Waals surface area contributed by atoms with E-state index in [0.717, 1.165) is 0 Å². The lowest BCUT2D eigenvalue weighted by molar-refractivity contribution is -0.488. The summed E-state index contributed by atoms with van der Waals surface area (Å²) in [7, 11) is 0. The molecule has 0 aromatic carbocycles. The van der Waals surface area contributed by atoms with Crippen LogP contribution in [0, 0.1) is 5.92 Å². The second kappa shape index (κ2) is 3.02. The summed E-state index contributed by atoms with van der Waals surface area (Å²) in [6, 6.07) is -0.185. The third-order valence-electron chi connectivity index (χ3n) is 1.21. The fourth-order valence-electron chi connectivity index (χ4n) is 0.444. The lowest BCUT2D eigenvalue weighted by atomic mass is 10.0. The van der Waals surface area contributed by atoms with E-state index in [0.29, 0.717) is 5.92 Å². The highest BCUT2D eigenvalue weighted by atomic mass is 16.3. The van der Waals surface area contributed by atoms with Crippen molar-refractivity contribution in [2.45, 2.75) is 26.1 Å². The molecular weight excluding hydrogens is 104 g/mol. The number of nitrogens with two attached hydrogens (primary N) is 1. The van der Waals surface area contributed by atoms with Gasteiger partial charge in [-0.1, -0.05) is 13.8 Å². The largest absolute Gasteiger partial charge is 0.344 e. The van der Waals surface area contributed by atoms with Crippen LogP contribution >= 0.6 is 0 Å². The second-order valence-electron chi connectivity index (χ2n) is 2.39. The predicted molar refractivity (Wildman–Crippen MR) is 31.7 cm³/mol. The zero-order chi connectivity index (χ0) is 6.73. The van der Waals surface area contributed by atoms with Crippen LogP contribution in [-0.2, 0) is 0 Å². The highest BCUT2D eigenvalue weighted by Gasteiger charge is 2.15. The molecule has 0 aromatic heterocycles. The zero-order valence-electron chi connectivity index (χ0n) is 5.46. The number of quaternary nitrogens is 1. The molecule has 3 nitrogen and oxygen atoms in total. The van der Waals surface area contributed by atoms with Crippen molar-refractivity contribution in [3.05, 3.63) is 0 Å². The number of rotatable bonds is 2. The predicted octanol–water partition coefficient (Wildman–Crippen LogP) is -1.47. The summed E-state index contributed by atoms with van der Waals surface area (Å²) in [4.78, 5) is 0. The van der Waals surface area contributed by atoms with Crippen molar-refractivity contribution in [2.75, 3.05) is 0 Å². The van der Waals surface area contributed by atoms with Gasteiger partial charge in [0, 0.05) is 0 Å². The molecule has 8 heavy (non-hydrogen) atoms. The minimum atomic E-state index is -0.630. The average Bonchev–Trinajstić information content (AvgIpc) is 1.64. The molecule has 6 N–H and O–H groups in total. The standard InChI is InChI=1S/C5H14N2O/c1-3(2)4(6)5(7)8/h3-5,8H,6-7H2,1-2H3/p+1. The zero-order valence-corrected chi connectivity index (χ0v) is 5.46. The molecule has 0 radical (unpaired) electrons.